The number of amides is 3. The Labute approximate surface area is 168 Å². The van der Waals surface area contributed by atoms with E-state index in [1.165, 1.54) is 16.7 Å². The van der Waals surface area contributed by atoms with Crippen molar-refractivity contribution in [3.05, 3.63) is 53.6 Å². The van der Waals surface area contributed by atoms with Crippen LogP contribution in [0.15, 0.2) is 47.4 Å². The second-order valence-electron chi connectivity index (χ2n) is 6.84. The maximum absolute atomic E-state index is 12.5. The third-order valence-electron chi connectivity index (χ3n) is 4.75. The van der Waals surface area contributed by atoms with E-state index in [4.69, 9.17) is 0 Å². The van der Waals surface area contributed by atoms with Gasteiger partial charge < -0.3 is 15.5 Å². The lowest BCUT2D eigenvalue weighted by Crippen LogP contribution is -2.39. The summed E-state index contributed by atoms with van der Waals surface area (Å²) in [6, 6.07) is 13.2. The third kappa shape index (κ3) is 4.54. The highest BCUT2D eigenvalue weighted by molar-refractivity contribution is 8.01. The van der Waals surface area contributed by atoms with Gasteiger partial charge in [0.1, 0.15) is 0 Å². The quantitative estimate of drug-likeness (QED) is 0.812. The van der Waals surface area contributed by atoms with Gasteiger partial charge in [-0.1, -0.05) is 24.3 Å². The number of nitrogens with zero attached hydrogens (tertiary/aromatic N) is 1. The van der Waals surface area contributed by atoms with Gasteiger partial charge >= 0.3 is 0 Å². The van der Waals surface area contributed by atoms with Crippen molar-refractivity contribution in [1.29, 1.82) is 0 Å². The van der Waals surface area contributed by atoms with Gasteiger partial charge in [0.25, 0.3) is 0 Å². The first kappa shape index (κ1) is 19.9. The van der Waals surface area contributed by atoms with Crippen LogP contribution in [-0.4, -0.2) is 41.5 Å². The summed E-state index contributed by atoms with van der Waals surface area (Å²) in [5.74, 6) is -0.705. The van der Waals surface area contributed by atoms with Crippen LogP contribution in [0, 0.1) is 13.8 Å². The largest absolute Gasteiger partial charge is 0.336 e. The van der Waals surface area contributed by atoms with E-state index in [9.17, 15) is 14.4 Å². The van der Waals surface area contributed by atoms with Crippen LogP contribution >= 0.6 is 11.8 Å². The molecule has 1 aliphatic heterocycles. The summed E-state index contributed by atoms with van der Waals surface area (Å²) in [7, 11) is 1.57. The first-order valence-electron chi connectivity index (χ1n) is 9.01. The van der Waals surface area contributed by atoms with E-state index in [1.807, 2.05) is 56.3 Å². The number of para-hydroxylation sites is 1. The molecule has 0 spiro atoms. The fourth-order valence-corrected chi connectivity index (χ4v) is 4.02. The SMILES string of the molecule is Cc1cccc(NC(=O)CN(C)C(=O)C[C@@H]2Sc3ccccc3NC2=O)c1C. The molecule has 1 aliphatic rings. The minimum atomic E-state index is -0.507. The molecule has 0 saturated carbocycles. The molecule has 28 heavy (non-hydrogen) atoms. The van der Waals surface area contributed by atoms with Gasteiger partial charge in [0, 0.05) is 24.1 Å². The molecule has 3 rings (SSSR count). The number of fused-ring (bicyclic) bond motifs is 1. The molecule has 1 atom stereocenters. The Bertz CT molecular complexity index is 929. The lowest BCUT2D eigenvalue weighted by atomic mass is 10.1. The summed E-state index contributed by atoms with van der Waals surface area (Å²) in [6.45, 7) is 3.85. The highest BCUT2D eigenvalue weighted by atomic mass is 32.2. The van der Waals surface area contributed by atoms with Crippen molar-refractivity contribution in [2.75, 3.05) is 24.2 Å². The summed E-state index contributed by atoms with van der Waals surface area (Å²) >= 11 is 1.38. The van der Waals surface area contributed by atoms with E-state index >= 15 is 0 Å². The maximum atomic E-state index is 12.5. The standard InChI is InChI=1S/C21H23N3O3S/c1-13-7-6-9-15(14(13)2)22-19(25)12-24(3)20(26)11-18-21(27)23-16-8-4-5-10-17(16)28-18/h4-10,18H,11-12H2,1-3H3,(H,22,25)(H,23,27)/t18-/m0/s1. The van der Waals surface area contributed by atoms with Crippen molar-refractivity contribution < 1.29 is 14.4 Å². The molecule has 0 bridgehead atoms. The zero-order valence-corrected chi connectivity index (χ0v) is 16.9. The number of likely N-dealkylation sites (N-methyl/N-ethyl adjacent to an activating group) is 1. The molecule has 2 aromatic carbocycles. The molecule has 0 aromatic heterocycles. The number of thioether (sulfide) groups is 1. The second kappa shape index (κ2) is 8.48. The van der Waals surface area contributed by atoms with Gasteiger partial charge in [-0.25, -0.2) is 0 Å². The number of benzene rings is 2. The number of hydrogen-bond acceptors (Lipinski definition) is 4. The van der Waals surface area contributed by atoms with Crippen LogP contribution in [-0.2, 0) is 14.4 Å². The molecule has 6 nitrogen and oxygen atoms in total. The van der Waals surface area contributed by atoms with Gasteiger partial charge in [0.15, 0.2) is 0 Å². The zero-order chi connectivity index (χ0) is 20.3. The van der Waals surface area contributed by atoms with Crippen LogP contribution in [0.25, 0.3) is 0 Å². The Balaban J connectivity index is 1.56. The number of carbonyl (C=O) groups is 3. The first-order chi connectivity index (χ1) is 13.3. The van der Waals surface area contributed by atoms with Crippen LogP contribution in [0.2, 0.25) is 0 Å². The van der Waals surface area contributed by atoms with E-state index in [1.54, 1.807) is 7.05 Å². The van der Waals surface area contributed by atoms with Crippen molar-refractivity contribution in [2.45, 2.75) is 30.4 Å². The fourth-order valence-electron chi connectivity index (χ4n) is 2.92. The molecule has 3 amide bonds. The Morgan fingerprint density at radius 3 is 2.68 bits per heavy atom. The van der Waals surface area contributed by atoms with Gasteiger partial charge in [0.2, 0.25) is 17.7 Å². The molecule has 2 N–H and O–H groups in total. The van der Waals surface area contributed by atoms with E-state index in [0.717, 1.165) is 27.4 Å². The third-order valence-corrected chi connectivity index (χ3v) is 6.03. The molecule has 146 valence electrons. The Morgan fingerprint density at radius 2 is 1.89 bits per heavy atom. The van der Waals surface area contributed by atoms with Gasteiger partial charge in [-0.3, -0.25) is 14.4 Å². The Morgan fingerprint density at radius 1 is 1.14 bits per heavy atom. The van der Waals surface area contributed by atoms with Crippen LogP contribution in [0.1, 0.15) is 17.5 Å². The number of carbonyl (C=O) groups excluding carboxylic acids is 3. The molecule has 7 heteroatoms. The molecule has 1 heterocycles. The van der Waals surface area contributed by atoms with Crippen molar-refractivity contribution in [3.63, 3.8) is 0 Å². The average Bonchev–Trinajstić information content (AvgIpc) is 2.66. The Kier molecular flexibility index (Phi) is 6.04. The van der Waals surface area contributed by atoms with Crippen molar-refractivity contribution in [2.24, 2.45) is 0 Å². The smallest absolute Gasteiger partial charge is 0.243 e. The van der Waals surface area contributed by atoms with E-state index in [2.05, 4.69) is 10.6 Å². The van der Waals surface area contributed by atoms with Gasteiger partial charge in [-0.05, 0) is 43.2 Å². The van der Waals surface area contributed by atoms with Crippen LogP contribution < -0.4 is 10.6 Å². The van der Waals surface area contributed by atoms with Gasteiger partial charge in [-0.15, -0.1) is 11.8 Å². The van der Waals surface area contributed by atoms with Crippen molar-refractivity contribution in [3.8, 4) is 0 Å². The average molecular weight is 398 g/mol. The molecule has 0 fully saturated rings. The van der Waals surface area contributed by atoms with Crippen molar-refractivity contribution >= 4 is 40.9 Å². The summed E-state index contributed by atoms with van der Waals surface area (Å²) in [4.78, 5) is 39.4. The molecule has 0 aliphatic carbocycles. The monoisotopic (exact) mass is 397 g/mol. The Hall–Kier alpha value is -2.80. The van der Waals surface area contributed by atoms with Crippen LogP contribution in [0.4, 0.5) is 11.4 Å². The lowest BCUT2D eigenvalue weighted by molar-refractivity contribution is -0.134. The molecule has 0 radical (unpaired) electrons. The topological polar surface area (TPSA) is 78.5 Å². The van der Waals surface area contributed by atoms with Crippen LogP contribution in [0.3, 0.4) is 0 Å². The fraction of sp³-hybridized carbons (Fsp3) is 0.286. The normalized spacial score (nSPS) is 15.4. The van der Waals surface area contributed by atoms with Crippen molar-refractivity contribution in [1.82, 2.24) is 4.90 Å². The summed E-state index contributed by atoms with van der Waals surface area (Å²) in [5, 5.41) is 5.17. The number of hydrogen-bond donors (Lipinski definition) is 2. The lowest BCUT2D eigenvalue weighted by Gasteiger charge is -2.25. The van der Waals surface area contributed by atoms with E-state index in [0.29, 0.717) is 0 Å². The molecule has 0 saturated heterocycles. The number of aryl methyl sites for hydroxylation is 1. The first-order valence-corrected chi connectivity index (χ1v) is 9.89. The predicted octanol–water partition coefficient (Wildman–Crippen LogP) is 3.20. The number of rotatable bonds is 5. The summed E-state index contributed by atoms with van der Waals surface area (Å²) < 4.78 is 0. The molecule has 2 aromatic rings. The number of nitrogens with one attached hydrogen (secondary N) is 2. The second-order valence-corrected chi connectivity index (χ2v) is 8.09. The summed E-state index contributed by atoms with van der Waals surface area (Å²) in [6.07, 6.45) is 0.0398. The van der Waals surface area contributed by atoms with E-state index < -0.39 is 5.25 Å². The molecular weight excluding hydrogens is 374 g/mol. The highest BCUT2D eigenvalue weighted by Gasteiger charge is 2.30. The minimum absolute atomic E-state index is 0.0398. The predicted molar refractivity (Wildman–Crippen MR) is 112 cm³/mol. The van der Waals surface area contributed by atoms with Crippen LogP contribution in [0.5, 0.6) is 0 Å². The zero-order valence-electron chi connectivity index (χ0n) is 16.1. The number of anilines is 2. The molecule has 0 unspecified atom stereocenters. The highest BCUT2D eigenvalue weighted by Crippen LogP contribution is 2.36. The van der Waals surface area contributed by atoms with Gasteiger partial charge in [0.05, 0.1) is 17.5 Å². The summed E-state index contributed by atoms with van der Waals surface area (Å²) in [5.41, 5.74) is 3.59. The van der Waals surface area contributed by atoms with Gasteiger partial charge in [-0.2, -0.15) is 0 Å². The minimum Gasteiger partial charge on any atom is -0.336 e. The van der Waals surface area contributed by atoms with E-state index in [-0.39, 0.29) is 30.7 Å². The maximum Gasteiger partial charge on any atom is 0.243 e. The molecular formula is C21H23N3O3S.